The molecule has 2 aromatic heterocycles. The van der Waals surface area contributed by atoms with Crippen molar-refractivity contribution in [1.29, 1.82) is 0 Å². The zero-order chi connectivity index (χ0) is 16.4. The normalized spacial score (nSPS) is 18.1. The lowest BCUT2D eigenvalue weighted by atomic mass is 10.0. The van der Waals surface area contributed by atoms with E-state index in [0.29, 0.717) is 5.15 Å². The third-order valence-corrected chi connectivity index (χ3v) is 4.97. The van der Waals surface area contributed by atoms with E-state index in [-0.39, 0.29) is 0 Å². The molecule has 6 heteroatoms. The zero-order valence-electron chi connectivity index (χ0n) is 13.6. The number of halogens is 1. The quantitative estimate of drug-likeness (QED) is 0.805. The van der Waals surface area contributed by atoms with E-state index in [1.165, 1.54) is 24.1 Å². The Kier molecular flexibility index (Phi) is 4.54. The summed E-state index contributed by atoms with van der Waals surface area (Å²) in [7, 11) is 0. The fraction of sp³-hybridized carbons (Fsp3) is 0.444. The van der Waals surface area contributed by atoms with Crippen LogP contribution < -0.4 is 0 Å². The number of aliphatic imine (C=N–C) groups is 1. The van der Waals surface area contributed by atoms with Crippen LogP contribution in [0.15, 0.2) is 29.5 Å². The molecule has 4 rings (SSSR count). The summed E-state index contributed by atoms with van der Waals surface area (Å²) < 4.78 is 0. The Labute approximate surface area is 146 Å². The van der Waals surface area contributed by atoms with Gasteiger partial charge in [-0.1, -0.05) is 17.7 Å². The van der Waals surface area contributed by atoms with Crippen molar-refractivity contribution in [1.82, 2.24) is 19.9 Å². The SMILES string of the molecule is Clc1ncccc1CN1CCc2nc(C3=NCCCC3)ncc2C1. The smallest absolute Gasteiger partial charge is 0.173 e. The van der Waals surface area contributed by atoms with E-state index in [1.54, 1.807) is 6.20 Å². The van der Waals surface area contributed by atoms with Crippen LogP contribution in [0.3, 0.4) is 0 Å². The van der Waals surface area contributed by atoms with E-state index < -0.39 is 0 Å². The zero-order valence-corrected chi connectivity index (χ0v) is 14.3. The molecule has 0 bridgehead atoms. The first-order chi connectivity index (χ1) is 11.8. The summed E-state index contributed by atoms with van der Waals surface area (Å²) in [5.74, 6) is 0.831. The maximum atomic E-state index is 6.17. The number of aromatic nitrogens is 3. The molecule has 0 saturated heterocycles. The number of hydrogen-bond donors (Lipinski definition) is 0. The molecule has 2 aliphatic heterocycles. The Balaban J connectivity index is 1.49. The van der Waals surface area contributed by atoms with Gasteiger partial charge >= 0.3 is 0 Å². The lowest BCUT2D eigenvalue weighted by molar-refractivity contribution is 0.242. The first-order valence-corrected chi connectivity index (χ1v) is 8.87. The molecule has 0 radical (unpaired) electrons. The summed E-state index contributed by atoms with van der Waals surface area (Å²) in [6, 6.07) is 3.96. The second-order valence-electron chi connectivity index (χ2n) is 6.37. The second kappa shape index (κ2) is 6.95. The first kappa shape index (κ1) is 15.7. The predicted molar refractivity (Wildman–Crippen MR) is 94.4 cm³/mol. The highest BCUT2D eigenvalue weighted by atomic mass is 35.5. The summed E-state index contributed by atoms with van der Waals surface area (Å²) >= 11 is 6.17. The molecule has 0 amide bonds. The van der Waals surface area contributed by atoms with Crippen molar-refractivity contribution in [2.75, 3.05) is 13.1 Å². The Bertz CT molecular complexity index is 774. The van der Waals surface area contributed by atoms with Gasteiger partial charge in [-0.15, -0.1) is 0 Å². The van der Waals surface area contributed by atoms with Crippen molar-refractivity contribution in [2.45, 2.75) is 38.8 Å². The van der Waals surface area contributed by atoms with E-state index in [4.69, 9.17) is 16.6 Å². The van der Waals surface area contributed by atoms with Gasteiger partial charge in [0.2, 0.25) is 0 Å². The van der Waals surface area contributed by atoms with Crippen LogP contribution >= 0.6 is 11.6 Å². The van der Waals surface area contributed by atoms with Gasteiger partial charge in [0.05, 0.1) is 11.4 Å². The van der Waals surface area contributed by atoms with Crippen LogP contribution in [0.5, 0.6) is 0 Å². The molecule has 0 spiro atoms. The number of pyridine rings is 1. The first-order valence-electron chi connectivity index (χ1n) is 8.50. The van der Waals surface area contributed by atoms with E-state index in [9.17, 15) is 0 Å². The number of nitrogens with zero attached hydrogens (tertiary/aromatic N) is 5. The molecule has 0 N–H and O–H groups in total. The lowest BCUT2D eigenvalue weighted by Crippen LogP contribution is -2.31. The minimum atomic E-state index is 0.588. The number of hydrogen-bond acceptors (Lipinski definition) is 5. The molecule has 2 aliphatic rings. The lowest BCUT2D eigenvalue weighted by Gasteiger charge is -2.28. The van der Waals surface area contributed by atoms with Crippen LogP contribution in [-0.2, 0) is 19.5 Å². The summed E-state index contributed by atoms with van der Waals surface area (Å²) in [6.45, 7) is 3.55. The molecule has 5 nitrogen and oxygen atoms in total. The van der Waals surface area contributed by atoms with Crippen LogP contribution in [-0.4, -0.2) is 38.7 Å². The summed E-state index contributed by atoms with van der Waals surface area (Å²) in [4.78, 5) is 20.5. The largest absolute Gasteiger partial charge is 0.294 e. The van der Waals surface area contributed by atoms with Crippen molar-refractivity contribution in [3.63, 3.8) is 0 Å². The average Bonchev–Trinajstić information content (AvgIpc) is 2.64. The van der Waals surface area contributed by atoms with Gasteiger partial charge in [0.25, 0.3) is 0 Å². The van der Waals surface area contributed by atoms with Crippen LogP contribution in [0.2, 0.25) is 5.15 Å². The summed E-state index contributed by atoms with van der Waals surface area (Å²) in [6.07, 6.45) is 8.02. The van der Waals surface area contributed by atoms with Gasteiger partial charge in [0, 0.05) is 56.1 Å². The fourth-order valence-electron chi connectivity index (χ4n) is 3.31. The third-order valence-electron chi connectivity index (χ3n) is 4.63. The maximum Gasteiger partial charge on any atom is 0.173 e. The van der Waals surface area contributed by atoms with Crippen LogP contribution in [0, 0.1) is 0 Å². The van der Waals surface area contributed by atoms with E-state index >= 15 is 0 Å². The van der Waals surface area contributed by atoms with Crippen LogP contribution in [0.25, 0.3) is 0 Å². The van der Waals surface area contributed by atoms with Crippen molar-refractivity contribution >= 4 is 17.3 Å². The highest BCUT2D eigenvalue weighted by Gasteiger charge is 2.20. The monoisotopic (exact) mass is 341 g/mol. The average molecular weight is 342 g/mol. The molecular weight excluding hydrogens is 322 g/mol. The molecule has 124 valence electrons. The Morgan fingerprint density at radius 1 is 1.17 bits per heavy atom. The van der Waals surface area contributed by atoms with E-state index in [0.717, 1.165) is 56.1 Å². The number of rotatable bonds is 3. The Hall–Kier alpha value is -1.85. The van der Waals surface area contributed by atoms with Gasteiger partial charge in [0.15, 0.2) is 5.82 Å². The molecule has 0 atom stereocenters. The predicted octanol–water partition coefficient (Wildman–Crippen LogP) is 3.06. The van der Waals surface area contributed by atoms with E-state index in [2.05, 4.69) is 19.9 Å². The minimum absolute atomic E-state index is 0.588. The molecule has 0 unspecified atom stereocenters. The van der Waals surface area contributed by atoms with Gasteiger partial charge in [0.1, 0.15) is 5.15 Å². The fourth-order valence-corrected chi connectivity index (χ4v) is 3.49. The number of fused-ring (bicyclic) bond motifs is 1. The van der Waals surface area contributed by atoms with Crippen molar-refractivity contribution in [3.05, 3.63) is 52.3 Å². The van der Waals surface area contributed by atoms with Gasteiger partial charge in [-0.05, 0) is 25.3 Å². The van der Waals surface area contributed by atoms with Crippen molar-refractivity contribution < 1.29 is 0 Å². The Morgan fingerprint density at radius 3 is 2.96 bits per heavy atom. The molecule has 24 heavy (non-hydrogen) atoms. The second-order valence-corrected chi connectivity index (χ2v) is 6.72. The molecular formula is C18H20ClN5. The van der Waals surface area contributed by atoms with Crippen LogP contribution in [0.4, 0.5) is 0 Å². The highest BCUT2D eigenvalue weighted by molar-refractivity contribution is 6.30. The molecule has 0 aliphatic carbocycles. The molecule has 4 heterocycles. The summed E-state index contributed by atoms with van der Waals surface area (Å²) in [5.41, 5.74) is 4.52. The molecule has 2 aromatic rings. The maximum absolute atomic E-state index is 6.17. The Morgan fingerprint density at radius 2 is 2.12 bits per heavy atom. The van der Waals surface area contributed by atoms with Gasteiger partial charge in [-0.3, -0.25) is 9.89 Å². The van der Waals surface area contributed by atoms with Gasteiger partial charge in [-0.25, -0.2) is 15.0 Å². The van der Waals surface area contributed by atoms with Crippen LogP contribution in [0.1, 0.15) is 41.9 Å². The van der Waals surface area contributed by atoms with E-state index in [1.807, 2.05) is 18.3 Å². The molecule has 0 aromatic carbocycles. The molecule has 0 fully saturated rings. The molecule has 0 saturated carbocycles. The van der Waals surface area contributed by atoms with Crippen molar-refractivity contribution in [2.24, 2.45) is 4.99 Å². The topological polar surface area (TPSA) is 54.3 Å². The van der Waals surface area contributed by atoms with Crippen molar-refractivity contribution in [3.8, 4) is 0 Å². The highest BCUT2D eigenvalue weighted by Crippen LogP contribution is 2.21. The minimum Gasteiger partial charge on any atom is -0.294 e. The standard InChI is InChI=1S/C18H20ClN5/c19-17-13(4-3-8-21-17)11-24-9-6-15-14(12-24)10-22-18(23-15)16-5-1-2-7-20-16/h3-4,8,10H,1-2,5-7,9,11-12H2. The van der Waals surface area contributed by atoms with Gasteiger partial charge in [-0.2, -0.15) is 0 Å². The summed E-state index contributed by atoms with van der Waals surface area (Å²) in [5, 5.41) is 0.588. The van der Waals surface area contributed by atoms with Gasteiger partial charge < -0.3 is 0 Å². The third kappa shape index (κ3) is 3.32.